The van der Waals surface area contributed by atoms with E-state index in [1.54, 1.807) is 4.90 Å². The van der Waals surface area contributed by atoms with Crippen LogP contribution in [-0.4, -0.2) is 42.0 Å². The summed E-state index contributed by atoms with van der Waals surface area (Å²) in [4.78, 5) is 27.3. The maximum atomic E-state index is 13.6. The van der Waals surface area contributed by atoms with Gasteiger partial charge in [0.25, 0.3) is 0 Å². The topological polar surface area (TPSA) is 49.4 Å². The van der Waals surface area contributed by atoms with E-state index >= 15 is 0 Å². The molecule has 1 aliphatic heterocycles. The molecule has 1 heterocycles. The van der Waals surface area contributed by atoms with Crippen molar-refractivity contribution in [3.05, 3.63) is 35.4 Å². The first-order valence-electron chi connectivity index (χ1n) is 10.4. The Bertz CT molecular complexity index is 850. The third-order valence-electron chi connectivity index (χ3n) is 7.57. The predicted molar refractivity (Wildman–Crippen MR) is 99.8 cm³/mol. The molecule has 3 fully saturated rings. The van der Waals surface area contributed by atoms with Crippen molar-refractivity contribution in [2.75, 3.05) is 13.1 Å². The summed E-state index contributed by atoms with van der Waals surface area (Å²) in [5.41, 5.74) is 1.23. The van der Waals surface area contributed by atoms with Crippen LogP contribution in [0.2, 0.25) is 0 Å². The van der Waals surface area contributed by atoms with Crippen LogP contribution < -0.4 is 5.32 Å². The largest absolute Gasteiger partial charge is 0.393 e. The standard InChI is InChI=1S/C22H25F3N2O2/c1-20(8-13-4-2-3-5-14(13)9-20)19(29)27-7-6-16(22(23,24)25)17(12-27)26-18(28)21-10-15(21)11-21/h2-5,15-17H,6-12H2,1H3,(H,26,28). The monoisotopic (exact) mass is 406 g/mol. The van der Waals surface area contributed by atoms with Gasteiger partial charge in [0.05, 0.1) is 22.8 Å². The number of hydrogen-bond donors (Lipinski definition) is 1. The highest BCUT2D eigenvalue weighted by atomic mass is 19.4. The lowest BCUT2D eigenvalue weighted by molar-refractivity contribution is -0.195. The van der Waals surface area contributed by atoms with E-state index in [0.717, 1.165) is 24.0 Å². The molecule has 5 rings (SSSR count). The molecule has 0 spiro atoms. The fourth-order valence-corrected chi connectivity index (χ4v) is 5.40. The van der Waals surface area contributed by atoms with Crippen molar-refractivity contribution in [3.63, 3.8) is 0 Å². The Balaban J connectivity index is 1.32. The van der Waals surface area contributed by atoms with Gasteiger partial charge in [-0.25, -0.2) is 0 Å². The fourth-order valence-electron chi connectivity index (χ4n) is 5.40. The third kappa shape index (κ3) is 3.04. The summed E-state index contributed by atoms with van der Waals surface area (Å²) in [6.45, 7) is 1.91. The van der Waals surface area contributed by atoms with E-state index in [4.69, 9.17) is 0 Å². The molecule has 1 saturated heterocycles. The molecular formula is C22H25F3N2O2. The molecule has 1 aromatic carbocycles. The van der Waals surface area contributed by atoms with Crippen LogP contribution in [0.15, 0.2) is 24.3 Å². The molecule has 2 unspecified atom stereocenters. The van der Waals surface area contributed by atoms with Crippen LogP contribution in [0, 0.1) is 22.7 Å². The zero-order chi connectivity index (χ0) is 20.6. The molecule has 2 atom stereocenters. The minimum Gasteiger partial charge on any atom is -0.350 e. The van der Waals surface area contributed by atoms with E-state index in [-0.39, 0.29) is 36.7 Å². The maximum Gasteiger partial charge on any atom is 0.393 e. The molecule has 2 amide bonds. The maximum absolute atomic E-state index is 13.6. The number of benzene rings is 1. The molecule has 2 saturated carbocycles. The Morgan fingerprint density at radius 3 is 2.24 bits per heavy atom. The van der Waals surface area contributed by atoms with Crippen LogP contribution in [0.1, 0.15) is 37.3 Å². The van der Waals surface area contributed by atoms with Crippen LogP contribution in [0.4, 0.5) is 13.2 Å². The molecule has 1 N–H and O–H groups in total. The summed E-state index contributed by atoms with van der Waals surface area (Å²) in [6.07, 6.45) is -1.77. The molecule has 0 radical (unpaired) electrons. The number of amides is 2. The first-order valence-corrected chi connectivity index (χ1v) is 10.4. The zero-order valence-corrected chi connectivity index (χ0v) is 16.4. The SMILES string of the molecule is CC1(C(=O)N2CCC(C(F)(F)F)C(NC(=O)C34CC3C4)C2)Cc2ccccc2C1. The summed E-state index contributed by atoms with van der Waals surface area (Å²) in [5.74, 6) is -1.60. The van der Waals surface area contributed by atoms with Crippen molar-refractivity contribution in [2.24, 2.45) is 22.7 Å². The number of carbonyl (C=O) groups is 2. The lowest BCUT2D eigenvalue weighted by atomic mass is 9.83. The normalized spacial score (nSPS) is 34.2. The van der Waals surface area contributed by atoms with E-state index in [2.05, 4.69) is 5.32 Å². The van der Waals surface area contributed by atoms with Crippen molar-refractivity contribution in [1.29, 1.82) is 0 Å². The minimum absolute atomic E-state index is 0.0680. The van der Waals surface area contributed by atoms with Crippen LogP contribution >= 0.6 is 0 Å². The summed E-state index contributed by atoms with van der Waals surface area (Å²) in [6, 6.07) is 6.83. The van der Waals surface area contributed by atoms with E-state index in [9.17, 15) is 22.8 Å². The Hall–Kier alpha value is -2.05. The van der Waals surface area contributed by atoms with E-state index in [0.29, 0.717) is 18.8 Å². The highest BCUT2D eigenvalue weighted by Gasteiger charge is 2.74. The Kier molecular flexibility index (Phi) is 3.91. The lowest BCUT2D eigenvalue weighted by Crippen LogP contribution is -2.59. The van der Waals surface area contributed by atoms with Gasteiger partial charge < -0.3 is 10.2 Å². The summed E-state index contributed by atoms with van der Waals surface area (Å²) >= 11 is 0. The van der Waals surface area contributed by atoms with Crippen LogP contribution in [0.5, 0.6) is 0 Å². The van der Waals surface area contributed by atoms with Crippen LogP contribution in [0.3, 0.4) is 0 Å². The number of carbonyl (C=O) groups excluding carboxylic acids is 2. The first-order chi connectivity index (χ1) is 13.6. The molecule has 3 aliphatic carbocycles. The number of nitrogens with zero attached hydrogens (tertiary/aromatic N) is 1. The lowest BCUT2D eigenvalue weighted by Gasteiger charge is -2.42. The number of likely N-dealkylation sites (tertiary alicyclic amines) is 1. The Labute approximate surface area is 167 Å². The van der Waals surface area contributed by atoms with Gasteiger partial charge in [0, 0.05) is 13.1 Å². The van der Waals surface area contributed by atoms with Gasteiger partial charge in [-0.2, -0.15) is 13.2 Å². The van der Waals surface area contributed by atoms with Gasteiger partial charge in [0.2, 0.25) is 11.8 Å². The molecule has 29 heavy (non-hydrogen) atoms. The zero-order valence-electron chi connectivity index (χ0n) is 16.4. The molecular weight excluding hydrogens is 381 g/mol. The second-order valence-electron chi connectivity index (χ2n) is 9.71. The highest BCUT2D eigenvalue weighted by molar-refractivity contribution is 5.90. The van der Waals surface area contributed by atoms with Gasteiger partial charge in [0.15, 0.2) is 0 Å². The van der Waals surface area contributed by atoms with Gasteiger partial charge in [-0.1, -0.05) is 31.2 Å². The average molecular weight is 406 g/mol. The van der Waals surface area contributed by atoms with Gasteiger partial charge in [-0.05, 0) is 49.1 Å². The van der Waals surface area contributed by atoms with Gasteiger partial charge in [-0.15, -0.1) is 0 Å². The summed E-state index contributed by atoms with van der Waals surface area (Å²) in [5, 5.41) is 2.67. The van der Waals surface area contributed by atoms with Crippen molar-refractivity contribution in [2.45, 2.75) is 51.2 Å². The fraction of sp³-hybridized carbons (Fsp3) is 0.636. The van der Waals surface area contributed by atoms with Gasteiger partial charge in [0.1, 0.15) is 0 Å². The Morgan fingerprint density at radius 1 is 1.14 bits per heavy atom. The number of piperidine rings is 1. The van der Waals surface area contributed by atoms with Crippen molar-refractivity contribution < 1.29 is 22.8 Å². The number of halogens is 3. The van der Waals surface area contributed by atoms with E-state index in [1.165, 1.54) is 0 Å². The molecule has 1 aromatic rings. The second-order valence-corrected chi connectivity index (χ2v) is 9.71. The average Bonchev–Trinajstić information content (AvgIpc) is 3.49. The van der Waals surface area contributed by atoms with Crippen LogP contribution in [-0.2, 0) is 22.4 Å². The summed E-state index contributed by atoms with van der Waals surface area (Å²) < 4.78 is 40.8. The number of alkyl halides is 3. The van der Waals surface area contributed by atoms with Crippen LogP contribution in [0.25, 0.3) is 0 Å². The first kappa shape index (κ1) is 18.9. The molecule has 4 aliphatic rings. The van der Waals surface area contributed by atoms with Gasteiger partial charge >= 0.3 is 6.18 Å². The predicted octanol–water partition coefficient (Wildman–Crippen LogP) is 3.10. The third-order valence-corrected chi connectivity index (χ3v) is 7.57. The summed E-state index contributed by atoms with van der Waals surface area (Å²) in [7, 11) is 0. The highest BCUT2D eigenvalue weighted by Crippen LogP contribution is 2.75. The number of fused-ring (bicyclic) bond motifs is 2. The quantitative estimate of drug-likeness (QED) is 0.839. The smallest absolute Gasteiger partial charge is 0.350 e. The number of nitrogens with one attached hydrogen (secondary N) is 1. The number of hydrogen-bond acceptors (Lipinski definition) is 2. The van der Waals surface area contributed by atoms with E-state index < -0.39 is 23.6 Å². The van der Waals surface area contributed by atoms with E-state index in [1.807, 2.05) is 31.2 Å². The van der Waals surface area contributed by atoms with Crippen molar-refractivity contribution in [1.82, 2.24) is 10.2 Å². The molecule has 0 aromatic heterocycles. The molecule has 4 nitrogen and oxygen atoms in total. The number of rotatable bonds is 3. The van der Waals surface area contributed by atoms with Crippen molar-refractivity contribution in [3.8, 4) is 0 Å². The molecule has 156 valence electrons. The van der Waals surface area contributed by atoms with Crippen molar-refractivity contribution >= 4 is 11.8 Å². The minimum atomic E-state index is -4.38. The Morgan fingerprint density at radius 2 is 1.72 bits per heavy atom. The van der Waals surface area contributed by atoms with Gasteiger partial charge in [-0.3, -0.25) is 9.59 Å². The molecule has 7 heteroatoms. The molecule has 0 bridgehead atoms. The second kappa shape index (κ2) is 5.99.